The summed E-state index contributed by atoms with van der Waals surface area (Å²) in [6.07, 6.45) is 1.47. The van der Waals surface area contributed by atoms with Gasteiger partial charge in [0.05, 0.1) is 11.1 Å². The molecule has 11 heteroatoms. The molecule has 0 spiro atoms. The molecular weight excluding hydrogens is 526 g/mol. The number of para-hydroxylation sites is 1. The minimum atomic E-state index is -4.10. The van der Waals surface area contributed by atoms with E-state index in [0.29, 0.717) is 5.56 Å². The summed E-state index contributed by atoms with van der Waals surface area (Å²) in [5, 5.41) is 3.92. The number of hydrogen-bond acceptors (Lipinski definition) is 7. The normalized spacial score (nSPS) is 13.0. The quantitative estimate of drug-likeness (QED) is 0.209. The molecule has 0 radical (unpaired) electrons. The van der Waals surface area contributed by atoms with Gasteiger partial charge in [-0.1, -0.05) is 61.4 Å². The van der Waals surface area contributed by atoms with E-state index in [1.54, 1.807) is 42.5 Å². The van der Waals surface area contributed by atoms with E-state index in [4.69, 9.17) is 4.18 Å². The molecule has 1 amide bonds. The van der Waals surface area contributed by atoms with Crippen molar-refractivity contribution in [3.63, 3.8) is 0 Å². The number of amides is 1. The van der Waals surface area contributed by atoms with E-state index in [0.717, 1.165) is 11.1 Å². The molecule has 0 aliphatic carbocycles. The minimum Gasteiger partial charge on any atom is -0.378 e. The van der Waals surface area contributed by atoms with Crippen molar-refractivity contribution >= 4 is 32.3 Å². The Labute approximate surface area is 224 Å². The molecule has 3 rings (SSSR count). The van der Waals surface area contributed by atoms with Gasteiger partial charge in [-0.15, -0.1) is 0 Å². The van der Waals surface area contributed by atoms with Crippen LogP contribution in [0.3, 0.4) is 0 Å². The molecule has 0 aromatic heterocycles. The van der Waals surface area contributed by atoms with Crippen LogP contribution in [0.25, 0.3) is 0 Å². The summed E-state index contributed by atoms with van der Waals surface area (Å²) in [5.41, 5.74) is 4.46. The lowest BCUT2D eigenvalue weighted by Crippen LogP contribution is -2.46. The lowest BCUT2D eigenvalue weighted by molar-refractivity contribution is -0.123. The van der Waals surface area contributed by atoms with Gasteiger partial charge in [-0.25, -0.2) is 13.8 Å². The Kier molecular flexibility index (Phi) is 9.42. The molecule has 0 unspecified atom stereocenters. The third-order valence-electron chi connectivity index (χ3n) is 5.46. The molecule has 202 valence electrons. The summed E-state index contributed by atoms with van der Waals surface area (Å²) in [6, 6.07) is 17.8. The Hall–Kier alpha value is -3.54. The SMILES string of the molecule is Cc1ccc(S(=O)(=O)N[C@@H](CC(C)C)C(=O)N/N=C\c2ccccc2OS(=O)(=O)c2ccc(C)cc2)cc1. The number of nitrogens with zero attached hydrogens (tertiary/aromatic N) is 1. The maximum Gasteiger partial charge on any atom is 0.339 e. The lowest BCUT2D eigenvalue weighted by atomic mass is 10.0. The van der Waals surface area contributed by atoms with Gasteiger partial charge in [0.25, 0.3) is 5.91 Å². The van der Waals surface area contributed by atoms with Crippen LogP contribution in [-0.2, 0) is 24.9 Å². The Morgan fingerprint density at radius 1 is 0.868 bits per heavy atom. The van der Waals surface area contributed by atoms with Gasteiger partial charge in [-0.05, 0) is 62.6 Å². The standard InChI is InChI=1S/C27H31N3O6S2/c1-19(2)17-25(30-37(32,33)23-13-9-20(3)10-14-23)27(31)29-28-18-22-7-5-6-8-26(22)36-38(34,35)24-15-11-21(4)12-16-24/h5-16,18-19,25,30H,17H2,1-4H3,(H,29,31)/b28-18-/t25-/m0/s1. The third-order valence-corrected chi connectivity index (χ3v) is 8.19. The second kappa shape index (κ2) is 12.3. The predicted octanol–water partition coefficient (Wildman–Crippen LogP) is 3.91. The van der Waals surface area contributed by atoms with Crippen molar-refractivity contribution in [2.24, 2.45) is 11.0 Å². The molecule has 0 aliphatic heterocycles. The van der Waals surface area contributed by atoms with Gasteiger partial charge in [0.15, 0.2) is 5.75 Å². The minimum absolute atomic E-state index is 0.000493. The monoisotopic (exact) mass is 557 g/mol. The van der Waals surface area contributed by atoms with Crippen LogP contribution in [0, 0.1) is 19.8 Å². The summed E-state index contributed by atoms with van der Waals surface area (Å²) >= 11 is 0. The summed E-state index contributed by atoms with van der Waals surface area (Å²) in [6.45, 7) is 7.42. The molecular formula is C27H31N3O6S2. The first kappa shape index (κ1) is 29.0. The summed E-state index contributed by atoms with van der Waals surface area (Å²) in [4.78, 5) is 12.9. The molecule has 0 fully saturated rings. The number of hydrogen-bond donors (Lipinski definition) is 2. The molecule has 9 nitrogen and oxygen atoms in total. The topological polar surface area (TPSA) is 131 Å². The van der Waals surface area contributed by atoms with E-state index in [9.17, 15) is 21.6 Å². The van der Waals surface area contributed by atoms with Gasteiger partial charge in [0.1, 0.15) is 10.9 Å². The number of aryl methyl sites for hydroxylation is 2. The molecule has 3 aromatic carbocycles. The fourth-order valence-electron chi connectivity index (χ4n) is 3.43. The van der Waals surface area contributed by atoms with Crippen molar-refractivity contribution < 1.29 is 25.8 Å². The van der Waals surface area contributed by atoms with E-state index in [-0.39, 0.29) is 27.9 Å². The highest BCUT2D eigenvalue weighted by atomic mass is 32.2. The van der Waals surface area contributed by atoms with E-state index in [1.807, 2.05) is 27.7 Å². The van der Waals surface area contributed by atoms with Gasteiger partial charge < -0.3 is 4.18 Å². The maximum absolute atomic E-state index is 12.9. The highest BCUT2D eigenvalue weighted by Crippen LogP contribution is 2.22. The molecule has 0 saturated carbocycles. The summed E-state index contributed by atoms with van der Waals surface area (Å²) < 4.78 is 58.9. The molecule has 0 saturated heterocycles. The van der Waals surface area contributed by atoms with E-state index in [1.165, 1.54) is 36.5 Å². The maximum atomic E-state index is 12.9. The van der Waals surface area contributed by atoms with Crippen LogP contribution in [0.2, 0.25) is 0 Å². The molecule has 3 aromatic rings. The molecule has 0 heterocycles. The number of rotatable bonds is 11. The van der Waals surface area contributed by atoms with Gasteiger partial charge in [0, 0.05) is 5.56 Å². The third kappa shape index (κ3) is 7.98. The lowest BCUT2D eigenvalue weighted by Gasteiger charge is -2.19. The number of hydrazone groups is 1. The molecule has 0 bridgehead atoms. The molecule has 0 aliphatic rings. The van der Waals surface area contributed by atoms with Crippen LogP contribution in [0.5, 0.6) is 5.75 Å². The van der Waals surface area contributed by atoms with Crippen LogP contribution >= 0.6 is 0 Å². The zero-order chi connectivity index (χ0) is 27.9. The number of carbonyl (C=O) groups is 1. The average molecular weight is 558 g/mol. The zero-order valence-corrected chi connectivity index (χ0v) is 23.2. The van der Waals surface area contributed by atoms with Crippen molar-refractivity contribution in [2.45, 2.75) is 49.9 Å². The highest BCUT2D eigenvalue weighted by Gasteiger charge is 2.26. The summed E-state index contributed by atoms with van der Waals surface area (Å²) in [7, 11) is -8.05. The molecule has 1 atom stereocenters. The summed E-state index contributed by atoms with van der Waals surface area (Å²) in [5.74, 6) is -0.627. The van der Waals surface area contributed by atoms with Crippen LogP contribution in [-0.4, -0.2) is 35.0 Å². The largest absolute Gasteiger partial charge is 0.378 e. The zero-order valence-electron chi connectivity index (χ0n) is 21.6. The number of sulfonamides is 1. The van der Waals surface area contributed by atoms with Crippen molar-refractivity contribution in [2.75, 3.05) is 0 Å². The predicted molar refractivity (Wildman–Crippen MR) is 146 cm³/mol. The van der Waals surface area contributed by atoms with E-state index >= 15 is 0 Å². The van der Waals surface area contributed by atoms with Gasteiger partial charge in [0.2, 0.25) is 10.0 Å². The second-order valence-corrected chi connectivity index (χ2v) is 12.5. The second-order valence-electron chi connectivity index (χ2n) is 9.24. The smallest absolute Gasteiger partial charge is 0.339 e. The van der Waals surface area contributed by atoms with Crippen LogP contribution < -0.4 is 14.3 Å². The Bertz CT molecular complexity index is 1500. The van der Waals surface area contributed by atoms with Crippen molar-refractivity contribution in [1.29, 1.82) is 0 Å². The van der Waals surface area contributed by atoms with Gasteiger partial charge in [-0.3, -0.25) is 4.79 Å². The van der Waals surface area contributed by atoms with E-state index in [2.05, 4.69) is 15.2 Å². The van der Waals surface area contributed by atoms with E-state index < -0.39 is 32.1 Å². The first-order valence-corrected chi connectivity index (χ1v) is 14.8. The van der Waals surface area contributed by atoms with Crippen LogP contribution in [0.1, 0.15) is 37.0 Å². The highest BCUT2D eigenvalue weighted by molar-refractivity contribution is 7.89. The Balaban J connectivity index is 1.75. The van der Waals surface area contributed by atoms with Crippen LogP contribution in [0.15, 0.2) is 87.7 Å². The first-order valence-electron chi connectivity index (χ1n) is 11.9. The average Bonchev–Trinajstić information content (AvgIpc) is 2.84. The number of carbonyl (C=O) groups excluding carboxylic acids is 1. The Morgan fingerprint density at radius 3 is 2.00 bits per heavy atom. The number of nitrogens with one attached hydrogen (secondary N) is 2. The number of benzene rings is 3. The molecule has 2 N–H and O–H groups in total. The first-order chi connectivity index (χ1) is 17.9. The van der Waals surface area contributed by atoms with Crippen molar-refractivity contribution in [3.8, 4) is 5.75 Å². The molecule has 38 heavy (non-hydrogen) atoms. The van der Waals surface area contributed by atoms with Crippen molar-refractivity contribution in [3.05, 3.63) is 89.5 Å². The Morgan fingerprint density at radius 2 is 1.42 bits per heavy atom. The van der Waals surface area contributed by atoms with Crippen LogP contribution in [0.4, 0.5) is 0 Å². The van der Waals surface area contributed by atoms with Gasteiger partial charge >= 0.3 is 10.1 Å². The van der Waals surface area contributed by atoms with Gasteiger partial charge in [-0.2, -0.15) is 18.2 Å². The van der Waals surface area contributed by atoms with Crippen molar-refractivity contribution in [1.82, 2.24) is 10.1 Å². The fourth-order valence-corrected chi connectivity index (χ4v) is 5.59. The fraction of sp³-hybridized carbons (Fsp3) is 0.259.